The molecule has 0 bridgehead atoms. The lowest BCUT2D eigenvalue weighted by Gasteiger charge is -2.19. The maximum Gasteiger partial charge on any atom is 0.225 e. The second-order valence-electron chi connectivity index (χ2n) is 8.55. The number of fused-ring (bicyclic) bond motifs is 1. The van der Waals surface area contributed by atoms with Gasteiger partial charge in [0, 0.05) is 23.7 Å². The summed E-state index contributed by atoms with van der Waals surface area (Å²) in [7, 11) is 0. The smallest absolute Gasteiger partial charge is 0.225 e. The maximum absolute atomic E-state index is 14.7. The van der Waals surface area contributed by atoms with Crippen LogP contribution in [0.1, 0.15) is 47.7 Å². The zero-order chi connectivity index (χ0) is 21.0. The molecule has 154 valence electrons. The molecule has 7 heteroatoms. The number of carbonyl (C=O) groups excluding carboxylic acids is 1. The monoisotopic (exact) mass is 408 g/mol. The number of pyridine rings is 1. The van der Waals surface area contributed by atoms with Gasteiger partial charge >= 0.3 is 0 Å². The number of H-pyrrole nitrogens is 1. The average Bonchev–Trinajstić information content (AvgIpc) is 3.31. The summed E-state index contributed by atoms with van der Waals surface area (Å²) in [6.45, 7) is 3.60. The Kier molecular flexibility index (Phi) is 4.24. The van der Waals surface area contributed by atoms with E-state index in [2.05, 4.69) is 20.5 Å². The van der Waals surface area contributed by atoms with Crippen molar-refractivity contribution in [1.29, 1.82) is 0 Å². The summed E-state index contributed by atoms with van der Waals surface area (Å²) in [6, 6.07) is 6.15. The molecule has 5 nitrogen and oxygen atoms in total. The number of amides is 1. The van der Waals surface area contributed by atoms with E-state index in [9.17, 15) is 13.6 Å². The third-order valence-electron chi connectivity index (χ3n) is 6.53. The number of aryl methyl sites for hydroxylation is 2. The normalized spacial score (nSPS) is 18.5. The second kappa shape index (κ2) is 6.72. The van der Waals surface area contributed by atoms with Gasteiger partial charge in [-0.3, -0.25) is 14.9 Å². The number of anilines is 1. The molecule has 1 saturated carbocycles. The summed E-state index contributed by atoms with van der Waals surface area (Å²) in [4.78, 5) is 17.0. The summed E-state index contributed by atoms with van der Waals surface area (Å²) in [6.07, 6.45) is 4.69. The molecular weight excluding hydrogens is 386 g/mol. The quantitative estimate of drug-likeness (QED) is 0.651. The highest BCUT2D eigenvalue weighted by Gasteiger charge is 2.54. The first-order valence-electron chi connectivity index (χ1n) is 10.1. The van der Waals surface area contributed by atoms with Crippen molar-refractivity contribution in [2.45, 2.75) is 45.4 Å². The highest BCUT2D eigenvalue weighted by molar-refractivity contribution is 5.91. The van der Waals surface area contributed by atoms with Crippen molar-refractivity contribution in [3.05, 3.63) is 64.6 Å². The van der Waals surface area contributed by atoms with Crippen LogP contribution in [-0.4, -0.2) is 21.1 Å². The Balaban J connectivity index is 1.34. The van der Waals surface area contributed by atoms with Crippen LogP contribution in [-0.2, 0) is 11.2 Å². The predicted octanol–water partition coefficient (Wildman–Crippen LogP) is 4.82. The molecule has 2 N–H and O–H groups in total. The number of benzene rings is 1. The van der Waals surface area contributed by atoms with Crippen LogP contribution >= 0.6 is 0 Å². The summed E-state index contributed by atoms with van der Waals surface area (Å²) in [5, 5.41) is 9.69. The standard InChI is InChI=1S/C23H22F2N4O/c1-12-21(13(2)29-28-12)22-19(25)8-16(11-26-22)27-20(30)9-18-17-4-3-15(24)7-14(17)10-23(18)5-6-23/h3-4,7-8,11,18H,5-6,9-10H2,1-2H3,(H,27,30)(H,28,29). The second-order valence-corrected chi connectivity index (χ2v) is 8.55. The molecule has 30 heavy (non-hydrogen) atoms. The molecule has 2 aliphatic carbocycles. The molecule has 2 aromatic heterocycles. The van der Waals surface area contributed by atoms with Crippen molar-refractivity contribution in [2.24, 2.45) is 5.41 Å². The lowest BCUT2D eigenvalue weighted by molar-refractivity contribution is -0.116. The van der Waals surface area contributed by atoms with Crippen molar-refractivity contribution in [2.75, 3.05) is 5.32 Å². The molecule has 1 aromatic carbocycles. The van der Waals surface area contributed by atoms with Crippen LogP contribution in [0.4, 0.5) is 14.5 Å². The molecule has 1 unspecified atom stereocenters. The van der Waals surface area contributed by atoms with E-state index in [4.69, 9.17) is 0 Å². The van der Waals surface area contributed by atoms with Crippen LogP contribution < -0.4 is 5.32 Å². The number of nitrogens with one attached hydrogen (secondary N) is 2. The van der Waals surface area contributed by atoms with Gasteiger partial charge in [-0.2, -0.15) is 5.10 Å². The van der Waals surface area contributed by atoms with Crippen molar-refractivity contribution >= 4 is 11.6 Å². The zero-order valence-electron chi connectivity index (χ0n) is 16.9. The van der Waals surface area contributed by atoms with Crippen molar-refractivity contribution < 1.29 is 13.6 Å². The number of carbonyl (C=O) groups is 1. The molecule has 2 heterocycles. The van der Waals surface area contributed by atoms with Crippen LogP contribution in [0.15, 0.2) is 30.5 Å². The van der Waals surface area contributed by atoms with E-state index >= 15 is 0 Å². The SMILES string of the molecule is Cc1n[nH]c(C)c1-c1ncc(NC(=O)CC2c3ccc(F)cc3CC23CC3)cc1F. The van der Waals surface area contributed by atoms with E-state index in [1.165, 1.54) is 18.3 Å². The van der Waals surface area contributed by atoms with Crippen molar-refractivity contribution in [3.8, 4) is 11.3 Å². The van der Waals surface area contributed by atoms with Crippen LogP contribution in [0.3, 0.4) is 0 Å². The van der Waals surface area contributed by atoms with Gasteiger partial charge in [0.1, 0.15) is 11.5 Å². The highest BCUT2D eigenvalue weighted by atomic mass is 19.1. The first kappa shape index (κ1) is 18.9. The average molecular weight is 408 g/mol. The van der Waals surface area contributed by atoms with E-state index in [-0.39, 0.29) is 28.8 Å². The van der Waals surface area contributed by atoms with Crippen LogP contribution in [0.25, 0.3) is 11.3 Å². The first-order valence-corrected chi connectivity index (χ1v) is 10.1. The van der Waals surface area contributed by atoms with Gasteiger partial charge in [-0.25, -0.2) is 8.78 Å². The molecule has 1 spiro atoms. The zero-order valence-corrected chi connectivity index (χ0v) is 16.9. The van der Waals surface area contributed by atoms with Crippen LogP contribution in [0.2, 0.25) is 0 Å². The Morgan fingerprint density at radius 2 is 2.07 bits per heavy atom. The summed E-state index contributed by atoms with van der Waals surface area (Å²) in [5.74, 6) is -0.866. The number of aromatic nitrogens is 3. The Labute approximate surface area is 172 Å². The van der Waals surface area contributed by atoms with Gasteiger partial charge in [-0.1, -0.05) is 6.07 Å². The minimum atomic E-state index is -0.513. The Bertz CT molecular complexity index is 1150. The van der Waals surface area contributed by atoms with Crippen LogP contribution in [0, 0.1) is 30.9 Å². The minimum absolute atomic E-state index is 0.0707. The Hall–Kier alpha value is -3.09. The van der Waals surface area contributed by atoms with Gasteiger partial charge in [-0.15, -0.1) is 0 Å². The molecular formula is C23H22F2N4O. The van der Waals surface area contributed by atoms with Gasteiger partial charge in [-0.05, 0) is 67.7 Å². The number of rotatable bonds is 4. The topological polar surface area (TPSA) is 70.7 Å². The lowest BCUT2D eigenvalue weighted by Crippen LogP contribution is -2.19. The first-order chi connectivity index (χ1) is 14.4. The molecule has 1 amide bonds. The van der Waals surface area contributed by atoms with Gasteiger partial charge in [0.15, 0.2) is 5.82 Å². The van der Waals surface area contributed by atoms with Crippen molar-refractivity contribution in [1.82, 2.24) is 15.2 Å². The van der Waals surface area contributed by atoms with E-state index in [0.29, 0.717) is 23.4 Å². The molecule has 0 radical (unpaired) electrons. The number of halogens is 2. The van der Waals surface area contributed by atoms with E-state index in [1.807, 2.05) is 6.92 Å². The molecule has 1 fully saturated rings. The number of nitrogens with zero attached hydrogens (tertiary/aromatic N) is 2. The molecule has 5 rings (SSSR count). The Morgan fingerprint density at radius 1 is 1.27 bits per heavy atom. The minimum Gasteiger partial charge on any atom is -0.325 e. The van der Waals surface area contributed by atoms with Gasteiger partial charge < -0.3 is 5.32 Å². The fourth-order valence-corrected chi connectivity index (χ4v) is 4.90. The van der Waals surface area contributed by atoms with Gasteiger partial charge in [0.25, 0.3) is 0 Å². The number of hydrogen-bond acceptors (Lipinski definition) is 3. The fraction of sp³-hybridized carbons (Fsp3) is 0.348. The molecule has 1 atom stereocenters. The molecule has 0 aliphatic heterocycles. The third kappa shape index (κ3) is 3.09. The van der Waals surface area contributed by atoms with Gasteiger partial charge in [0.05, 0.1) is 17.6 Å². The van der Waals surface area contributed by atoms with Crippen molar-refractivity contribution in [3.63, 3.8) is 0 Å². The third-order valence-corrected chi connectivity index (χ3v) is 6.53. The Morgan fingerprint density at radius 3 is 2.73 bits per heavy atom. The number of aromatic amines is 1. The molecule has 2 aliphatic rings. The van der Waals surface area contributed by atoms with E-state index in [1.54, 1.807) is 19.1 Å². The summed E-state index contributed by atoms with van der Waals surface area (Å²) < 4.78 is 28.3. The fourth-order valence-electron chi connectivity index (χ4n) is 4.90. The van der Waals surface area contributed by atoms with E-state index in [0.717, 1.165) is 36.1 Å². The molecule has 0 saturated heterocycles. The molecule has 3 aromatic rings. The largest absolute Gasteiger partial charge is 0.325 e. The number of hydrogen-bond donors (Lipinski definition) is 2. The summed E-state index contributed by atoms with van der Waals surface area (Å²) >= 11 is 0. The maximum atomic E-state index is 14.7. The summed E-state index contributed by atoms with van der Waals surface area (Å²) in [5.41, 5.74) is 4.72. The predicted molar refractivity (Wildman–Crippen MR) is 109 cm³/mol. The van der Waals surface area contributed by atoms with E-state index < -0.39 is 5.82 Å². The van der Waals surface area contributed by atoms with Crippen LogP contribution in [0.5, 0.6) is 0 Å². The lowest BCUT2D eigenvalue weighted by atomic mass is 9.86. The highest BCUT2D eigenvalue weighted by Crippen LogP contribution is 2.64. The van der Waals surface area contributed by atoms with Gasteiger partial charge in [0.2, 0.25) is 5.91 Å².